The van der Waals surface area contributed by atoms with Gasteiger partial charge in [-0.3, -0.25) is 4.90 Å². The minimum absolute atomic E-state index is 0.208. The van der Waals surface area contributed by atoms with Crippen LogP contribution in [0.4, 0.5) is 14.4 Å². The molecule has 0 radical (unpaired) electrons. The minimum atomic E-state index is -1.32. The summed E-state index contributed by atoms with van der Waals surface area (Å²) >= 11 is 0. The van der Waals surface area contributed by atoms with Gasteiger partial charge in [0.05, 0.1) is 0 Å². The van der Waals surface area contributed by atoms with Crippen LogP contribution in [0.5, 0.6) is 0 Å². The fourth-order valence-corrected chi connectivity index (χ4v) is 2.12. The topological polar surface area (TPSA) is 135 Å². The molecule has 0 spiro atoms. The van der Waals surface area contributed by atoms with E-state index in [1.165, 1.54) is 7.05 Å². The van der Waals surface area contributed by atoms with E-state index in [4.69, 9.17) is 14.2 Å². The van der Waals surface area contributed by atoms with E-state index in [2.05, 4.69) is 5.43 Å². The van der Waals surface area contributed by atoms with Crippen molar-refractivity contribution in [3.8, 4) is 0 Å². The summed E-state index contributed by atoms with van der Waals surface area (Å²) in [6, 6.07) is -1.32. The molecule has 0 bridgehead atoms. The molecule has 0 fully saturated rings. The monoisotopic (exact) mass is 447 g/mol. The van der Waals surface area contributed by atoms with Gasteiger partial charge in [0.15, 0.2) is 0 Å². The van der Waals surface area contributed by atoms with Crippen molar-refractivity contribution in [3.05, 3.63) is 0 Å². The van der Waals surface area contributed by atoms with Crippen molar-refractivity contribution in [1.29, 1.82) is 0 Å². The molecule has 180 valence electrons. The van der Waals surface area contributed by atoms with Crippen molar-refractivity contribution in [1.82, 2.24) is 15.3 Å². The fraction of sp³-hybridized carbons (Fsp3) is 0.800. The molecule has 0 aliphatic heterocycles. The van der Waals surface area contributed by atoms with E-state index < -0.39 is 47.1 Å². The lowest BCUT2D eigenvalue weighted by Crippen LogP contribution is -2.52. The number of hydrogen-bond acceptors (Lipinski definition) is 7. The Balaban J connectivity index is 5.44. The van der Waals surface area contributed by atoms with E-state index in [9.17, 15) is 24.3 Å². The van der Waals surface area contributed by atoms with Gasteiger partial charge in [0, 0.05) is 13.6 Å². The smallest absolute Gasteiger partial charge is 0.429 e. The molecule has 0 heterocycles. The van der Waals surface area contributed by atoms with E-state index in [1.807, 2.05) is 0 Å². The molecule has 11 nitrogen and oxygen atoms in total. The minimum Gasteiger partial charge on any atom is -0.480 e. The van der Waals surface area contributed by atoms with Crippen LogP contribution < -0.4 is 5.43 Å². The van der Waals surface area contributed by atoms with Gasteiger partial charge < -0.3 is 19.3 Å². The number of nitrogens with zero attached hydrogens (tertiary/aromatic N) is 2. The molecule has 3 amide bonds. The van der Waals surface area contributed by atoms with Gasteiger partial charge in [0.2, 0.25) is 0 Å². The second-order valence-corrected chi connectivity index (χ2v) is 9.98. The third kappa shape index (κ3) is 12.5. The number of ether oxygens (including phenoxy) is 3. The highest BCUT2D eigenvalue weighted by atomic mass is 16.6. The second kappa shape index (κ2) is 10.5. The number of nitrogens with one attached hydrogen (secondary N) is 1. The van der Waals surface area contributed by atoms with Gasteiger partial charge in [0.25, 0.3) is 0 Å². The zero-order chi connectivity index (χ0) is 24.8. The van der Waals surface area contributed by atoms with E-state index in [-0.39, 0.29) is 13.0 Å². The molecule has 1 atom stereocenters. The van der Waals surface area contributed by atoms with Crippen molar-refractivity contribution in [2.45, 2.75) is 91.6 Å². The van der Waals surface area contributed by atoms with Gasteiger partial charge in [0.1, 0.15) is 22.8 Å². The van der Waals surface area contributed by atoms with Crippen LogP contribution in [-0.2, 0) is 19.0 Å². The predicted octanol–water partition coefficient (Wildman–Crippen LogP) is 3.37. The zero-order valence-corrected chi connectivity index (χ0v) is 20.2. The number of amides is 3. The molecule has 0 unspecified atom stereocenters. The molecule has 0 aliphatic carbocycles. The molecule has 31 heavy (non-hydrogen) atoms. The highest BCUT2D eigenvalue weighted by molar-refractivity contribution is 5.80. The SMILES string of the molecule is CN(C(=O)OC(C)(C)C)[C@H](CCN(NC(=O)OC(C)(C)C)C(=O)OC(C)(C)C)C(=O)O. The van der Waals surface area contributed by atoms with Crippen LogP contribution in [0, 0.1) is 0 Å². The van der Waals surface area contributed by atoms with E-state index in [1.54, 1.807) is 62.3 Å². The predicted molar refractivity (Wildman–Crippen MR) is 112 cm³/mol. The summed E-state index contributed by atoms with van der Waals surface area (Å²) in [5.41, 5.74) is -0.216. The molecule has 2 N–H and O–H groups in total. The molecule has 0 aromatic carbocycles. The molecule has 0 saturated heterocycles. The number of carbonyl (C=O) groups excluding carboxylic acids is 3. The first kappa shape index (κ1) is 28.3. The van der Waals surface area contributed by atoms with Crippen LogP contribution in [0.25, 0.3) is 0 Å². The van der Waals surface area contributed by atoms with Crippen molar-refractivity contribution >= 4 is 24.2 Å². The highest BCUT2D eigenvalue weighted by Gasteiger charge is 2.32. The van der Waals surface area contributed by atoms with Crippen LogP contribution in [0.15, 0.2) is 0 Å². The third-order valence-corrected chi connectivity index (χ3v) is 3.30. The maximum Gasteiger partial charge on any atom is 0.429 e. The Morgan fingerprint density at radius 2 is 1.23 bits per heavy atom. The quantitative estimate of drug-likeness (QED) is 0.484. The average molecular weight is 448 g/mol. The van der Waals surface area contributed by atoms with Crippen LogP contribution in [0.2, 0.25) is 0 Å². The van der Waals surface area contributed by atoms with Gasteiger partial charge in [-0.25, -0.2) is 29.6 Å². The maximum atomic E-state index is 12.5. The first-order valence-electron chi connectivity index (χ1n) is 9.90. The summed E-state index contributed by atoms with van der Waals surface area (Å²) in [5, 5.41) is 10.4. The van der Waals surface area contributed by atoms with E-state index in [0.717, 1.165) is 9.91 Å². The number of likely N-dealkylation sites (N-methyl/N-ethyl adjacent to an activating group) is 1. The van der Waals surface area contributed by atoms with E-state index >= 15 is 0 Å². The Bertz CT molecular complexity index is 659. The molecular weight excluding hydrogens is 410 g/mol. The largest absolute Gasteiger partial charge is 0.480 e. The van der Waals surface area contributed by atoms with Crippen molar-refractivity contribution in [3.63, 3.8) is 0 Å². The number of carbonyl (C=O) groups is 4. The van der Waals surface area contributed by atoms with Gasteiger partial charge >= 0.3 is 24.2 Å². The summed E-state index contributed by atoms with van der Waals surface area (Å²) in [7, 11) is 1.28. The summed E-state index contributed by atoms with van der Waals surface area (Å²) in [6.07, 6.45) is -2.85. The summed E-state index contributed by atoms with van der Waals surface area (Å²) in [5.74, 6) is -1.30. The lowest BCUT2D eigenvalue weighted by molar-refractivity contribution is -0.143. The molecule has 11 heteroatoms. The van der Waals surface area contributed by atoms with Crippen LogP contribution in [-0.4, -0.2) is 75.7 Å². The fourth-order valence-electron chi connectivity index (χ4n) is 2.12. The number of aliphatic carboxylic acids is 1. The number of hydrazine groups is 1. The summed E-state index contributed by atoms with van der Waals surface area (Å²) in [6.45, 7) is 14.6. The van der Waals surface area contributed by atoms with Crippen LogP contribution in [0.1, 0.15) is 68.7 Å². The first-order chi connectivity index (χ1) is 13.7. The Morgan fingerprint density at radius 3 is 1.61 bits per heavy atom. The molecule has 0 rings (SSSR count). The standard InChI is InChI=1S/C20H37N3O8/c1-18(2,3)29-15(26)21-23(17(28)31-20(7,8)9)12-11-13(14(24)25)22(10)16(27)30-19(4,5)6/h13H,11-12H2,1-10H3,(H,21,26)(H,24,25)/t13-/m1/s1. The number of rotatable bonds is 5. The second-order valence-electron chi connectivity index (χ2n) is 9.98. The summed E-state index contributed by atoms with van der Waals surface area (Å²) < 4.78 is 15.6. The first-order valence-corrected chi connectivity index (χ1v) is 9.90. The average Bonchev–Trinajstić information content (AvgIpc) is 2.48. The van der Waals surface area contributed by atoms with Gasteiger partial charge in [-0.2, -0.15) is 0 Å². The maximum absolute atomic E-state index is 12.5. The van der Waals surface area contributed by atoms with Crippen molar-refractivity contribution in [2.24, 2.45) is 0 Å². The van der Waals surface area contributed by atoms with Crippen molar-refractivity contribution in [2.75, 3.05) is 13.6 Å². The summed E-state index contributed by atoms with van der Waals surface area (Å²) in [4.78, 5) is 49.6. The van der Waals surface area contributed by atoms with Crippen molar-refractivity contribution < 1.29 is 38.5 Å². The van der Waals surface area contributed by atoms with Gasteiger partial charge in [-0.1, -0.05) is 0 Å². The Kier molecular flexibility index (Phi) is 9.61. The molecular formula is C20H37N3O8. The molecule has 0 aromatic heterocycles. The third-order valence-electron chi connectivity index (χ3n) is 3.30. The number of hydrogen-bond donors (Lipinski definition) is 2. The van der Waals surface area contributed by atoms with Gasteiger partial charge in [-0.05, 0) is 68.7 Å². The Labute approximate surface area is 183 Å². The highest BCUT2D eigenvalue weighted by Crippen LogP contribution is 2.15. The Hall–Kier alpha value is -2.72. The number of carboxylic acid groups (broad SMARTS) is 1. The molecule has 0 aliphatic rings. The number of carboxylic acids is 1. The van der Waals surface area contributed by atoms with Crippen LogP contribution >= 0.6 is 0 Å². The van der Waals surface area contributed by atoms with E-state index in [0.29, 0.717) is 0 Å². The Morgan fingerprint density at radius 1 is 0.806 bits per heavy atom. The zero-order valence-electron chi connectivity index (χ0n) is 20.2. The lowest BCUT2D eigenvalue weighted by atomic mass is 10.2. The van der Waals surface area contributed by atoms with Gasteiger partial charge in [-0.15, -0.1) is 0 Å². The normalized spacial score (nSPS) is 13.0. The lowest BCUT2D eigenvalue weighted by Gasteiger charge is -2.31. The van der Waals surface area contributed by atoms with Crippen LogP contribution in [0.3, 0.4) is 0 Å². The molecule has 0 saturated carbocycles. The molecule has 0 aromatic rings.